The van der Waals surface area contributed by atoms with Crippen molar-refractivity contribution in [2.24, 2.45) is 5.92 Å². The van der Waals surface area contributed by atoms with Crippen LogP contribution in [0.3, 0.4) is 0 Å². The van der Waals surface area contributed by atoms with Crippen molar-refractivity contribution in [2.45, 2.75) is 45.3 Å². The van der Waals surface area contributed by atoms with Gasteiger partial charge in [-0.25, -0.2) is 4.68 Å². The molecule has 1 aromatic carbocycles. The lowest BCUT2D eigenvalue weighted by Crippen LogP contribution is -2.16. The van der Waals surface area contributed by atoms with Gasteiger partial charge >= 0.3 is 0 Å². The molecule has 2 aromatic rings. The van der Waals surface area contributed by atoms with Gasteiger partial charge in [0.2, 0.25) is 5.88 Å². The molecule has 0 radical (unpaired) electrons. The lowest BCUT2D eigenvalue weighted by Gasteiger charge is -2.22. The quantitative estimate of drug-likeness (QED) is 0.819. The summed E-state index contributed by atoms with van der Waals surface area (Å²) in [4.78, 5) is 0. The fourth-order valence-electron chi connectivity index (χ4n) is 2.93. The molecule has 0 spiro atoms. The summed E-state index contributed by atoms with van der Waals surface area (Å²) in [7, 11) is 0. The molecule has 20 heavy (non-hydrogen) atoms. The maximum Gasteiger partial charge on any atom is 0.212 e. The predicted molar refractivity (Wildman–Crippen MR) is 79.6 cm³/mol. The predicted octanol–water partition coefficient (Wildman–Crippen LogP) is 4.04. The standard InChI is InChI=1S/C17H22N2O/c1-3-7-15(8-4-1)13-19-17(11-12-18-19)20-14-16-9-5-2-6-10-16/h2,5-6,9-12,15H,1,3-4,7-8,13-14H2. The van der Waals surface area contributed by atoms with E-state index in [0.717, 1.165) is 18.3 Å². The van der Waals surface area contributed by atoms with Crippen LogP contribution in [0.25, 0.3) is 0 Å². The summed E-state index contributed by atoms with van der Waals surface area (Å²) in [5.41, 5.74) is 1.19. The van der Waals surface area contributed by atoms with Crippen LogP contribution in [0.1, 0.15) is 37.7 Å². The molecule has 1 heterocycles. The zero-order valence-electron chi connectivity index (χ0n) is 11.9. The van der Waals surface area contributed by atoms with Crippen LogP contribution in [0.2, 0.25) is 0 Å². The number of rotatable bonds is 5. The van der Waals surface area contributed by atoms with Gasteiger partial charge in [0, 0.05) is 12.6 Å². The second kappa shape index (κ2) is 6.60. The zero-order chi connectivity index (χ0) is 13.6. The Kier molecular flexibility index (Phi) is 4.36. The van der Waals surface area contributed by atoms with Crippen LogP contribution >= 0.6 is 0 Å². The normalized spacial score (nSPS) is 16.2. The van der Waals surface area contributed by atoms with Crippen molar-refractivity contribution in [3.8, 4) is 5.88 Å². The molecular formula is C17H22N2O. The first-order chi connectivity index (χ1) is 9.92. The zero-order valence-corrected chi connectivity index (χ0v) is 11.9. The second-order valence-corrected chi connectivity index (χ2v) is 5.63. The Labute approximate surface area is 120 Å². The van der Waals surface area contributed by atoms with E-state index < -0.39 is 0 Å². The van der Waals surface area contributed by atoms with Crippen LogP contribution < -0.4 is 4.74 Å². The lowest BCUT2D eigenvalue weighted by molar-refractivity contribution is 0.245. The number of nitrogens with zero attached hydrogens (tertiary/aromatic N) is 2. The number of aromatic nitrogens is 2. The Balaban J connectivity index is 1.58. The first-order valence-electron chi connectivity index (χ1n) is 7.60. The van der Waals surface area contributed by atoms with Crippen LogP contribution in [-0.4, -0.2) is 9.78 Å². The smallest absolute Gasteiger partial charge is 0.212 e. The van der Waals surface area contributed by atoms with E-state index in [-0.39, 0.29) is 0 Å². The fourth-order valence-corrected chi connectivity index (χ4v) is 2.93. The third kappa shape index (κ3) is 3.41. The Morgan fingerprint density at radius 3 is 2.65 bits per heavy atom. The lowest BCUT2D eigenvalue weighted by atomic mass is 9.89. The van der Waals surface area contributed by atoms with E-state index in [0.29, 0.717) is 6.61 Å². The van der Waals surface area contributed by atoms with E-state index in [1.807, 2.05) is 35.1 Å². The molecule has 0 N–H and O–H groups in total. The molecule has 0 aliphatic heterocycles. The van der Waals surface area contributed by atoms with Crippen LogP contribution in [-0.2, 0) is 13.2 Å². The minimum atomic E-state index is 0.608. The average molecular weight is 270 g/mol. The van der Waals surface area contributed by atoms with Crippen LogP contribution in [0.5, 0.6) is 5.88 Å². The summed E-state index contributed by atoms with van der Waals surface area (Å²) >= 11 is 0. The van der Waals surface area contributed by atoms with Crippen LogP contribution in [0.15, 0.2) is 42.6 Å². The molecule has 3 heteroatoms. The highest BCUT2D eigenvalue weighted by Gasteiger charge is 2.16. The summed E-state index contributed by atoms with van der Waals surface area (Å²) in [6, 6.07) is 12.2. The molecule has 106 valence electrons. The fraction of sp³-hybridized carbons (Fsp3) is 0.471. The Hall–Kier alpha value is -1.77. The van der Waals surface area contributed by atoms with Gasteiger partial charge in [0.05, 0.1) is 6.20 Å². The van der Waals surface area contributed by atoms with Gasteiger partial charge in [0.1, 0.15) is 6.61 Å². The molecule has 0 bridgehead atoms. The highest BCUT2D eigenvalue weighted by Crippen LogP contribution is 2.26. The van der Waals surface area contributed by atoms with Gasteiger partial charge in [-0.15, -0.1) is 0 Å². The Morgan fingerprint density at radius 1 is 1.05 bits per heavy atom. The molecule has 0 atom stereocenters. The number of ether oxygens (including phenoxy) is 1. The van der Waals surface area contributed by atoms with Crippen molar-refractivity contribution in [1.82, 2.24) is 9.78 Å². The summed E-state index contributed by atoms with van der Waals surface area (Å²) in [5, 5.41) is 4.41. The van der Waals surface area contributed by atoms with Gasteiger partial charge in [0.15, 0.2) is 0 Å². The molecule has 0 saturated heterocycles. The molecule has 1 fully saturated rings. The molecule has 0 amide bonds. The Bertz CT molecular complexity index is 515. The molecule has 1 aromatic heterocycles. The van der Waals surface area contributed by atoms with Crippen molar-refractivity contribution in [1.29, 1.82) is 0 Å². The van der Waals surface area contributed by atoms with Gasteiger partial charge in [0.25, 0.3) is 0 Å². The van der Waals surface area contributed by atoms with Crippen LogP contribution in [0, 0.1) is 5.92 Å². The van der Waals surface area contributed by atoms with E-state index in [2.05, 4.69) is 17.2 Å². The SMILES string of the molecule is c1ccc(COc2ccnn2CC2CCCCC2)cc1. The molecular weight excluding hydrogens is 248 g/mol. The van der Waals surface area contributed by atoms with E-state index in [1.165, 1.54) is 37.7 Å². The van der Waals surface area contributed by atoms with Crippen molar-refractivity contribution in [2.75, 3.05) is 0 Å². The minimum absolute atomic E-state index is 0.608. The van der Waals surface area contributed by atoms with Crippen molar-refractivity contribution in [3.63, 3.8) is 0 Å². The maximum absolute atomic E-state index is 5.91. The highest BCUT2D eigenvalue weighted by molar-refractivity contribution is 5.15. The monoisotopic (exact) mass is 270 g/mol. The Morgan fingerprint density at radius 2 is 1.85 bits per heavy atom. The average Bonchev–Trinajstić information content (AvgIpc) is 2.94. The number of hydrogen-bond acceptors (Lipinski definition) is 2. The van der Waals surface area contributed by atoms with E-state index in [9.17, 15) is 0 Å². The van der Waals surface area contributed by atoms with E-state index in [4.69, 9.17) is 4.74 Å². The first kappa shape index (κ1) is 13.2. The number of benzene rings is 1. The molecule has 1 saturated carbocycles. The molecule has 3 nitrogen and oxygen atoms in total. The van der Waals surface area contributed by atoms with Gasteiger partial charge in [-0.05, 0) is 24.3 Å². The van der Waals surface area contributed by atoms with Crippen molar-refractivity contribution in [3.05, 3.63) is 48.2 Å². The van der Waals surface area contributed by atoms with E-state index >= 15 is 0 Å². The second-order valence-electron chi connectivity index (χ2n) is 5.63. The van der Waals surface area contributed by atoms with Crippen molar-refractivity contribution < 1.29 is 4.74 Å². The molecule has 0 unspecified atom stereocenters. The summed E-state index contributed by atoms with van der Waals surface area (Å²) in [6.45, 7) is 1.61. The summed E-state index contributed by atoms with van der Waals surface area (Å²) in [6.07, 6.45) is 8.63. The van der Waals surface area contributed by atoms with Gasteiger partial charge in [-0.1, -0.05) is 49.6 Å². The van der Waals surface area contributed by atoms with Gasteiger partial charge < -0.3 is 4.74 Å². The first-order valence-corrected chi connectivity index (χ1v) is 7.60. The summed E-state index contributed by atoms with van der Waals surface area (Å²) in [5.74, 6) is 1.65. The largest absolute Gasteiger partial charge is 0.473 e. The van der Waals surface area contributed by atoms with Gasteiger partial charge in [-0.3, -0.25) is 0 Å². The molecule has 1 aliphatic rings. The maximum atomic E-state index is 5.91. The van der Waals surface area contributed by atoms with Gasteiger partial charge in [-0.2, -0.15) is 5.10 Å². The van der Waals surface area contributed by atoms with E-state index in [1.54, 1.807) is 0 Å². The molecule has 1 aliphatic carbocycles. The number of hydrogen-bond donors (Lipinski definition) is 0. The minimum Gasteiger partial charge on any atom is -0.473 e. The summed E-state index contributed by atoms with van der Waals surface area (Å²) < 4.78 is 7.93. The highest BCUT2D eigenvalue weighted by atomic mass is 16.5. The third-order valence-electron chi connectivity index (χ3n) is 4.06. The molecule has 3 rings (SSSR count). The van der Waals surface area contributed by atoms with Crippen LogP contribution in [0.4, 0.5) is 0 Å². The third-order valence-corrected chi connectivity index (χ3v) is 4.06. The topological polar surface area (TPSA) is 27.1 Å². The van der Waals surface area contributed by atoms with Crippen molar-refractivity contribution >= 4 is 0 Å².